The number of ether oxygens (including phenoxy) is 1. The Morgan fingerprint density at radius 1 is 1.26 bits per heavy atom. The third-order valence-electron chi connectivity index (χ3n) is 7.33. The SMILES string of the molecule is COc1cc(C2(O)CC3CC(c4ncn(C)c4C(=O)Nc4ccc(F)c(Cl)c4)CC3C2)n(C)n1. The van der Waals surface area contributed by atoms with Gasteiger partial charge in [0.15, 0.2) is 0 Å². The lowest BCUT2D eigenvalue weighted by Crippen LogP contribution is -2.26. The quantitative estimate of drug-likeness (QED) is 0.567. The Balaban J connectivity index is 1.32. The van der Waals surface area contributed by atoms with Crippen LogP contribution in [0.15, 0.2) is 30.6 Å². The summed E-state index contributed by atoms with van der Waals surface area (Å²) in [7, 11) is 5.17. The van der Waals surface area contributed by atoms with Crippen molar-refractivity contribution in [2.75, 3.05) is 12.4 Å². The average Bonchev–Trinajstić information content (AvgIpc) is 3.52. The maximum atomic E-state index is 13.5. The van der Waals surface area contributed by atoms with Crippen molar-refractivity contribution in [3.8, 4) is 5.88 Å². The number of methoxy groups -OCH3 is 1. The number of rotatable bonds is 5. The van der Waals surface area contributed by atoms with Crippen molar-refractivity contribution in [1.29, 1.82) is 0 Å². The Kier molecular flexibility index (Phi) is 5.64. The minimum atomic E-state index is -0.939. The number of imidazole rings is 1. The molecule has 2 N–H and O–H groups in total. The van der Waals surface area contributed by atoms with Crippen molar-refractivity contribution >= 4 is 23.2 Å². The standard InChI is InChI=1S/C24H27ClFN5O3/c1-30-12-27-21(22(30)23(32)28-16-4-5-18(26)17(25)8-16)13-6-14-10-24(33,11-15(14)7-13)19-9-20(34-3)29-31(19)2/h4-5,8-9,12-15,33H,6-7,10-11H2,1-3H3,(H,28,32). The lowest BCUT2D eigenvalue weighted by atomic mass is 9.90. The number of fused-ring (bicyclic) bond motifs is 1. The van der Waals surface area contributed by atoms with Gasteiger partial charge in [0, 0.05) is 31.8 Å². The molecule has 2 aliphatic rings. The van der Waals surface area contributed by atoms with Crippen LogP contribution in [-0.4, -0.2) is 37.5 Å². The summed E-state index contributed by atoms with van der Waals surface area (Å²) in [5, 5.41) is 18.5. The van der Waals surface area contributed by atoms with E-state index in [1.807, 2.05) is 7.05 Å². The number of nitrogens with zero attached hydrogens (tertiary/aromatic N) is 4. The fourth-order valence-corrected chi connectivity index (χ4v) is 6.04. The number of nitrogens with one attached hydrogen (secondary N) is 1. The summed E-state index contributed by atoms with van der Waals surface area (Å²) in [6.07, 6.45) is 4.62. The predicted molar refractivity (Wildman–Crippen MR) is 124 cm³/mol. The van der Waals surface area contributed by atoms with Crippen LogP contribution in [0.5, 0.6) is 5.88 Å². The maximum absolute atomic E-state index is 13.5. The highest BCUT2D eigenvalue weighted by molar-refractivity contribution is 6.31. The van der Waals surface area contributed by atoms with E-state index in [0.717, 1.165) is 24.2 Å². The van der Waals surface area contributed by atoms with Gasteiger partial charge in [-0.15, -0.1) is 5.10 Å². The summed E-state index contributed by atoms with van der Waals surface area (Å²) in [5.41, 5.74) is 1.49. The zero-order chi connectivity index (χ0) is 24.2. The van der Waals surface area contributed by atoms with Gasteiger partial charge in [0.25, 0.3) is 5.91 Å². The summed E-state index contributed by atoms with van der Waals surface area (Å²) >= 11 is 5.85. The van der Waals surface area contributed by atoms with Gasteiger partial charge >= 0.3 is 0 Å². The number of amides is 1. The monoisotopic (exact) mass is 487 g/mol. The minimum absolute atomic E-state index is 0.0508. The van der Waals surface area contributed by atoms with Crippen LogP contribution in [0.1, 0.15) is 53.5 Å². The Bertz CT molecular complexity index is 1240. The second-order valence-electron chi connectivity index (χ2n) is 9.50. The number of aliphatic hydroxyl groups is 1. The largest absolute Gasteiger partial charge is 0.480 e. The van der Waals surface area contributed by atoms with Gasteiger partial charge in [0.1, 0.15) is 17.1 Å². The fourth-order valence-electron chi connectivity index (χ4n) is 5.86. The summed E-state index contributed by atoms with van der Waals surface area (Å²) in [6, 6.07) is 5.89. The number of anilines is 1. The van der Waals surface area contributed by atoms with Gasteiger partial charge in [-0.3, -0.25) is 9.48 Å². The third kappa shape index (κ3) is 3.86. The first-order chi connectivity index (χ1) is 16.2. The van der Waals surface area contributed by atoms with E-state index in [-0.39, 0.29) is 16.8 Å². The van der Waals surface area contributed by atoms with Gasteiger partial charge in [0.2, 0.25) is 5.88 Å². The molecule has 180 valence electrons. The predicted octanol–water partition coefficient (Wildman–Crippen LogP) is 4.00. The first kappa shape index (κ1) is 22.9. The maximum Gasteiger partial charge on any atom is 0.274 e. The molecule has 0 spiro atoms. The lowest BCUT2D eigenvalue weighted by Gasteiger charge is -2.24. The molecule has 34 heavy (non-hydrogen) atoms. The fraction of sp³-hybridized carbons (Fsp3) is 0.458. The summed E-state index contributed by atoms with van der Waals surface area (Å²) < 4.78 is 22.1. The summed E-state index contributed by atoms with van der Waals surface area (Å²) in [4.78, 5) is 17.7. The molecule has 2 fully saturated rings. The van der Waals surface area contributed by atoms with E-state index in [9.17, 15) is 14.3 Å². The van der Waals surface area contributed by atoms with Gasteiger partial charge in [-0.1, -0.05) is 11.6 Å². The molecule has 1 aromatic carbocycles. The van der Waals surface area contributed by atoms with Crippen molar-refractivity contribution in [3.63, 3.8) is 0 Å². The van der Waals surface area contributed by atoms with Gasteiger partial charge in [-0.05, 0) is 55.7 Å². The second kappa shape index (κ2) is 8.39. The molecule has 2 unspecified atom stereocenters. The molecule has 2 aliphatic carbocycles. The van der Waals surface area contributed by atoms with Crippen molar-refractivity contribution in [1.82, 2.24) is 19.3 Å². The van der Waals surface area contributed by atoms with E-state index in [1.54, 1.807) is 35.8 Å². The number of benzene rings is 1. The van der Waals surface area contributed by atoms with Crippen LogP contribution in [0.3, 0.4) is 0 Å². The molecule has 3 aromatic rings. The van der Waals surface area contributed by atoms with Gasteiger partial charge < -0.3 is 19.7 Å². The van der Waals surface area contributed by atoms with E-state index in [2.05, 4.69) is 15.4 Å². The molecule has 2 aromatic heterocycles. The van der Waals surface area contributed by atoms with Crippen LogP contribution < -0.4 is 10.1 Å². The molecule has 2 atom stereocenters. The van der Waals surface area contributed by atoms with Crippen molar-refractivity contribution < 1.29 is 19.0 Å². The zero-order valence-corrected chi connectivity index (χ0v) is 20.0. The van der Waals surface area contributed by atoms with Crippen LogP contribution >= 0.6 is 11.6 Å². The molecule has 2 heterocycles. The first-order valence-electron chi connectivity index (χ1n) is 11.3. The smallest absolute Gasteiger partial charge is 0.274 e. The molecular weight excluding hydrogens is 461 g/mol. The number of hydrogen-bond acceptors (Lipinski definition) is 5. The highest BCUT2D eigenvalue weighted by Gasteiger charge is 2.51. The topological polar surface area (TPSA) is 94.2 Å². The number of aromatic nitrogens is 4. The lowest BCUT2D eigenvalue weighted by molar-refractivity contribution is 0.0263. The van der Waals surface area contributed by atoms with Crippen LogP contribution in [0.25, 0.3) is 0 Å². The van der Waals surface area contributed by atoms with Crippen LogP contribution in [0.2, 0.25) is 5.02 Å². The number of carbonyl (C=O) groups excluding carboxylic acids is 1. The minimum Gasteiger partial charge on any atom is -0.480 e. The van der Waals surface area contributed by atoms with E-state index in [0.29, 0.717) is 41.9 Å². The zero-order valence-electron chi connectivity index (χ0n) is 19.3. The van der Waals surface area contributed by atoms with E-state index >= 15 is 0 Å². The Labute approximate surface area is 201 Å². The average molecular weight is 488 g/mol. The number of carbonyl (C=O) groups is 1. The van der Waals surface area contributed by atoms with Crippen LogP contribution in [0, 0.1) is 17.7 Å². The molecule has 0 aliphatic heterocycles. The normalized spacial score (nSPS) is 26.0. The summed E-state index contributed by atoms with van der Waals surface area (Å²) in [5.74, 6) is 0.414. The molecule has 10 heteroatoms. The van der Waals surface area contributed by atoms with Gasteiger partial charge in [0.05, 0.1) is 29.8 Å². The van der Waals surface area contributed by atoms with Crippen LogP contribution in [0.4, 0.5) is 10.1 Å². The number of aryl methyl sites for hydroxylation is 2. The van der Waals surface area contributed by atoms with Crippen molar-refractivity contribution in [3.05, 3.63) is 58.5 Å². The van der Waals surface area contributed by atoms with E-state index in [4.69, 9.17) is 16.3 Å². The first-order valence-corrected chi connectivity index (χ1v) is 11.6. The number of hydrogen-bond donors (Lipinski definition) is 2. The van der Waals surface area contributed by atoms with Crippen molar-refractivity contribution in [2.45, 2.75) is 37.2 Å². The highest BCUT2D eigenvalue weighted by atomic mass is 35.5. The molecular formula is C24H27ClFN5O3. The Hall–Kier alpha value is -2.91. The molecule has 0 saturated heterocycles. The second-order valence-corrected chi connectivity index (χ2v) is 9.90. The van der Waals surface area contributed by atoms with E-state index < -0.39 is 11.4 Å². The Morgan fingerprint density at radius 2 is 1.97 bits per heavy atom. The van der Waals surface area contributed by atoms with Crippen LogP contribution in [-0.2, 0) is 19.7 Å². The number of halogens is 2. The molecule has 0 radical (unpaired) electrons. The molecule has 8 nitrogen and oxygen atoms in total. The van der Waals surface area contributed by atoms with E-state index in [1.165, 1.54) is 18.2 Å². The molecule has 1 amide bonds. The summed E-state index contributed by atoms with van der Waals surface area (Å²) in [6.45, 7) is 0. The molecule has 2 saturated carbocycles. The molecule has 5 rings (SSSR count). The highest BCUT2D eigenvalue weighted by Crippen LogP contribution is 2.57. The van der Waals surface area contributed by atoms with Gasteiger partial charge in [-0.25, -0.2) is 9.37 Å². The van der Waals surface area contributed by atoms with Crippen molar-refractivity contribution in [2.24, 2.45) is 25.9 Å². The third-order valence-corrected chi connectivity index (χ3v) is 7.62. The van der Waals surface area contributed by atoms with Gasteiger partial charge in [-0.2, -0.15) is 0 Å². The Morgan fingerprint density at radius 3 is 2.59 bits per heavy atom. The molecule has 0 bridgehead atoms.